The van der Waals surface area contributed by atoms with Gasteiger partial charge in [0, 0.05) is 38.8 Å². The SMILES string of the molecule is CC1CNCCN1S(=O)(=O)c1ccccc1S(=O)(=O)N1CCCC1.Cl. The molecule has 2 aliphatic heterocycles. The van der Waals surface area contributed by atoms with Crippen molar-refractivity contribution in [3.05, 3.63) is 24.3 Å². The van der Waals surface area contributed by atoms with Crippen molar-refractivity contribution < 1.29 is 16.8 Å². The van der Waals surface area contributed by atoms with E-state index in [4.69, 9.17) is 0 Å². The van der Waals surface area contributed by atoms with Gasteiger partial charge in [-0.1, -0.05) is 12.1 Å². The van der Waals surface area contributed by atoms with Gasteiger partial charge in [0.1, 0.15) is 9.79 Å². The Hall–Kier alpha value is -0.710. The lowest BCUT2D eigenvalue weighted by Gasteiger charge is -2.33. The van der Waals surface area contributed by atoms with Gasteiger partial charge >= 0.3 is 0 Å². The lowest BCUT2D eigenvalue weighted by Crippen LogP contribution is -2.52. The molecule has 2 aliphatic rings. The molecule has 0 amide bonds. The van der Waals surface area contributed by atoms with Gasteiger partial charge in [0.05, 0.1) is 0 Å². The van der Waals surface area contributed by atoms with Gasteiger partial charge in [-0.15, -0.1) is 12.4 Å². The molecule has 142 valence electrons. The first-order valence-corrected chi connectivity index (χ1v) is 11.0. The molecule has 0 aliphatic carbocycles. The Morgan fingerprint density at radius 2 is 1.52 bits per heavy atom. The molecule has 1 aromatic rings. The van der Waals surface area contributed by atoms with Crippen molar-refractivity contribution in [1.29, 1.82) is 0 Å². The third-order valence-corrected chi connectivity index (χ3v) is 8.72. The van der Waals surface area contributed by atoms with Gasteiger partial charge in [-0.25, -0.2) is 16.8 Å². The highest BCUT2D eigenvalue weighted by Crippen LogP contribution is 2.29. The molecule has 0 radical (unpaired) electrons. The fourth-order valence-corrected chi connectivity index (χ4v) is 7.18. The van der Waals surface area contributed by atoms with E-state index in [-0.39, 0.29) is 28.2 Å². The van der Waals surface area contributed by atoms with Gasteiger partial charge in [0.15, 0.2) is 0 Å². The maximum absolute atomic E-state index is 13.1. The van der Waals surface area contributed by atoms with Crippen LogP contribution >= 0.6 is 12.4 Å². The summed E-state index contributed by atoms with van der Waals surface area (Å²) in [7, 11) is -7.66. The molecule has 3 rings (SSSR count). The molecule has 10 heteroatoms. The van der Waals surface area contributed by atoms with Crippen molar-refractivity contribution in [2.45, 2.75) is 35.6 Å². The van der Waals surface area contributed by atoms with Gasteiger partial charge in [-0.05, 0) is 31.9 Å². The zero-order valence-corrected chi connectivity index (χ0v) is 16.5. The second kappa shape index (κ2) is 7.89. The molecule has 0 saturated carbocycles. The third-order valence-electron chi connectivity index (χ3n) is 4.56. The van der Waals surface area contributed by atoms with Crippen molar-refractivity contribution in [2.24, 2.45) is 0 Å². The summed E-state index contributed by atoms with van der Waals surface area (Å²) in [6.07, 6.45) is 1.62. The molecule has 7 nitrogen and oxygen atoms in total. The van der Waals surface area contributed by atoms with Crippen LogP contribution in [0.3, 0.4) is 0 Å². The molecule has 0 bridgehead atoms. The zero-order chi connectivity index (χ0) is 17.4. The molecule has 0 spiro atoms. The first-order chi connectivity index (χ1) is 11.3. The highest BCUT2D eigenvalue weighted by Gasteiger charge is 2.37. The largest absolute Gasteiger partial charge is 0.314 e. The number of nitrogens with one attached hydrogen (secondary N) is 1. The number of hydrogen-bond acceptors (Lipinski definition) is 5. The maximum atomic E-state index is 13.1. The second-order valence-corrected chi connectivity index (χ2v) is 9.99. The molecule has 0 aromatic heterocycles. The highest BCUT2D eigenvalue weighted by atomic mass is 35.5. The molecule has 25 heavy (non-hydrogen) atoms. The van der Waals surface area contributed by atoms with Gasteiger partial charge in [-0.2, -0.15) is 8.61 Å². The van der Waals surface area contributed by atoms with Crippen LogP contribution in [0.2, 0.25) is 0 Å². The Balaban J connectivity index is 0.00000225. The van der Waals surface area contributed by atoms with Gasteiger partial charge in [0.2, 0.25) is 20.0 Å². The predicted molar refractivity (Wildman–Crippen MR) is 97.9 cm³/mol. The van der Waals surface area contributed by atoms with Crippen molar-refractivity contribution in [2.75, 3.05) is 32.7 Å². The highest BCUT2D eigenvalue weighted by molar-refractivity contribution is 7.92. The van der Waals surface area contributed by atoms with Crippen LogP contribution in [0.4, 0.5) is 0 Å². The van der Waals surface area contributed by atoms with E-state index in [0.717, 1.165) is 12.8 Å². The van der Waals surface area contributed by atoms with Crippen LogP contribution in [0, 0.1) is 0 Å². The third kappa shape index (κ3) is 3.86. The Labute approximate surface area is 155 Å². The molecular formula is C15H24ClN3O4S2. The lowest BCUT2D eigenvalue weighted by molar-refractivity contribution is 0.283. The Kier molecular flexibility index (Phi) is 6.50. The molecule has 1 atom stereocenters. The summed E-state index contributed by atoms with van der Waals surface area (Å²) in [5.74, 6) is 0. The van der Waals surface area contributed by atoms with Gasteiger partial charge in [-0.3, -0.25) is 0 Å². The Morgan fingerprint density at radius 3 is 2.08 bits per heavy atom. The molecule has 1 aromatic carbocycles. The van der Waals surface area contributed by atoms with Gasteiger partial charge < -0.3 is 5.32 Å². The normalized spacial score (nSPS) is 23.3. The summed E-state index contributed by atoms with van der Waals surface area (Å²) in [6.45, 7) is 4.16. The van der Waals surface area contributed by atoms with E-state index in [2.05, 4.69) is 5.32 Å². The van der Waals surface area contributed by atoms with Gasteiger partial charge in [0.25, 0.3) is 0 Å². The monoisotopic (exact) mass is 409 g/mol. The number of piperazine rings is 1. The summed E-state index contributed by atoms with van der Waals surface area (Å²) >= 11 is 0. The standard InChI is InChI=1S/C15H23N3O4S2.ClH/c1-13-12-16-8-11-18(13)24(21,22)15-7-3-2-6-14(15)23(19,20)17-9-4-5-10-17;/h2-3,6-7,13,16H,4-5,8-12H2,1H3;1H. The van der Waals surface area contributed by atoms with Crippen LogP contribution < -0.4 is 5.32 Å². The first-order valence-electron chi connectivity index (χ1n) is 8.17. The number of nitrogens with zero attached hydrogens (tertiary/aromatic N) is 2. The van der Waals surface area contributed by atoms with E-state index in [1.165, 1.54) is 20.7 Å². The van der Waals surface area contributed by atoms with E-state index in [1.807, 2.05) is 6.92 Å². The Bertz CT molecular complexity index is 808. The molecule has 1 unspecified atom stereocenters. The van der Waals surface area contributed by atoms with Crippen LogP contribution in [0.15, 0.2) is 34.1 Å². The molecule has 2 fully saturated rings. The van der Waals surface area contributed by atoms with Crippen LogP contribution in [0.25, 0.3) is 0 Å². The molecule has 1 N–H and O–H groups in total. The predicted octanol–water partition coefficient (Wildman–Crippen LogP) is 0.875. The summed E-state index contributed by atoms with van der Waals surface area (Å²) in [5, 5.41) is 3.15. The fraction of sp³-hybridized carbons (Fsp3) is 0.600. The summed E-state index contributed by atoms with van der Waals surface area (Å²) < 4.78 is 54.8. The summed E-state index contributed by atoms with van der Waals surface area (Å²) in [4.78, 5) is -0.233. The number of rotatable bonds is 4. The van der Waals surface area contributed by atoms with Crippen molar-refractivity contribution >= 4 is 32.5 Å². The number of benzene rings is 1. The lowest BCUT2D eigenvalue weighted by atomic mass is 10.3. The fourth-order valence-electron chi connectivity index (χ4n) is 3.25. The van der Waals surface area contributed by atoms with Crippen LogP contribution in [0.5, 0.6) is 0 Å². The van der Waals surface area contributed by atoms with Crippen molar-refractivity contribution in [3.8, 4) is 0 Å². The molecule has 2 heterocycles. The summed E-state index contributed by atoms with van der Waals surface area (Å²) in [5.41, 5.74) is 0. The van der Waals surface area contributed by atoms with E-state index < -0.39 is 20.0 Å². The van der Waals surface area contributed by atoms with E-state index in [9.17, 15) is 16.8 Å². The minimum absolute atomic E-state index is 0. The first kappa shape index (κ1) is 20.6. The van der Waals surface area contributed by atoms with Crippen LogP contribution in [-0.2, 0) is 20.0 Å². The van der Waals surface area contributed by atoms with Crippen LogP contribution in [-0.4, -0.2) is 64.2 Å². The minimum Gasteiger partial charge on any atom is -0.314 e. The number of sulfonamides is 2. The zero-order valence-electron chi connectivity index (χ0n) is 14.1. The number of halogens is 1. The van der Waals surface area contributed by atoms with E-state index in [1.54, 1.807) is 12.1 Å². The van der Waals surface area contributed by atoms with E-state index >= 15 is 0 Å². The van der Waals surface area contributed by atoms with Crippen LogP contribution in [0.1, 0.15) is 19.8 Å². The van der Waals surface area contributed by atoms with E-state index in [0.29, 0.717) is 32.7 Å². The average molecular weight is 410 g/mol. The van der Waals surface area contributed by atoms with Crippen molar-refractivity contribution in [1.82, 2.24) is 13.9 Å². The smallest absolute Gasteiger partial charge is 0.244 e. The van der Waals surface area contributed by atoms with Crippen molar-refractivity contribution in [3.63, 3.8) is 0 Å². The minimum atomic E-state index is -3.87. The molecule has 2 saturated heterocycles. The quantitative estimate of drug-likeness (QED) is 0.797. The Morgan fingerprint density at radius 1 is 0.960 bits per heavy atom. The second-order valence-electron chi connectivity index (χ2n) is 6.23. The summed E-state index contributed by atoms with van der Waals surface area (Å²) in [6, 6.07) is 5.72. The topological polar surface area (TPSA) is 86.8 Å². The average Bonchev–Trinajstić information content (AvgIpc) is 3.10. The molecular weight excluding hydrogens is 386 g/mol. The number of hydrogen-bond donors (Lipinski definition) is 1. The maximum Gasteiger partial charge on any atom is 0.244 e.